The Morgan fingerprint density at radius 2 is 0.875 bits per heavy atom. The molecule has 0 aromatic carbocycles. The molecule has 0 aliphatic heterocycles. The van der Waals surface area contributed by atoms with Gasteiger partial charge in [-0.05, 0) is 51.4 Å². The van der Waals surface area contributed by atoms with Gasteiger partial charge >= 0.3 is 13.8 Å². The van der Waals surface area contributed by atoms with Crippen molar-refractivity contribution in [1.82, 2.24) is 0 Å². The highest BCUT2D eigenvalue weighted by molar-refractivity contribution is 7.47. The van der Waals surface area contributed by atoms with Crippen molar-refractivity contribution in [2.24, 2.45) is 5.73 Å². The van der Waals surface area contributed by atoms with Crippen molar-refractivity contribution < 1.29 is 32.8 Å². The molecule has 64 heavy (non-hydrogen) atoms. The van der Waals surface area contributed by atoms with Gasteiger partial charge in [0.15, 0.2) is 0 Å². The zero-order valence-corrected chi connectivity index (χ0v) is 42.9. The van der Waals surface area contributed by atoms with Gasteiger partial charge in [0.05, 0.1) is 19.8 Å². The number of hydrogen-bond donors (Lipinski definition) is 2. The number of unbranched alkanes of at least 4 members (excludes halogenated alkanes) is 31. The fraction of sp³-hybridized carbons (Fsp3) is 0.836. The molecule has 0 saturated heterocycles. The van der Waals surface area contributed by atoms with Crippen LogP contribution in [-0.2, 0) is 27.9 Å². The van der Waals surface area contributed by atoms with E-state index in [1.54, 1.807) is 0 Å². The molecule has 0 aromatic rings. The van der Waals surface area contributed by atoms with Crippen LogP contribution in [0.4, 0.5) is 0 Å². The van der Waals surface area contributed by atoms with E-state index in [4.69, 9.17) is 24.3 Å². The predicted octanol–water partition coefficient (Wildman–Crippen LogP) is 17.1. The number of hydrogen-bond acceptors (Lipinski definition) is 7. The molecule has 0 saturated carbocycles. The Balaban J connectivity index is 3.89. The molecule has 0 bridgehead atoms. The molecule has 2 unspecified atom stereocenters. The summed E-state index contributed by atoms with van der Waals surface area (Å²) in [6, 6.07) is 0. The Morgan fingerprint density at radius 3 is 1.31 bits per heavy atom. The van der Waals surface area contributed by atoms with E-state index in [1.165, 1.54) is 180 Å². The Morgan fingerprint density at radius 1 is 0.484 bits per heavy atom. The van der Waals surface area contributed by atoms with Crippen molar-refractivity contribution in [3.8, 4) is 0 Å². The molecule has 0 rings (SSSR count). The molecule has 0 fully saturated rings. The van der Waals surface area contributed by atoms with Crippen LogP contribution in [0.2, 0.25) is 0 Å². The van der Waals surface area contributed by atoms with E-state index < -0.39 is 13.9 Å². The van der Waals surface area contributed by atoms with Gasteiger partial charge in [-0.25, -0.2) is 4.57 Å². The lowest BCUT2D eigenvalue weighted by Gasteiger charge is -2.20. The number of allylic oxidation sites excluding steroid dienone is 8. The number of rotatable bonds is 52. The third-order valence-electron chi connectivity index (χ3n) is 11.8. The maximum atomic E-state index is 12.7. The monoisotopic (exact) mass is 922 g/mol. The van der Waals surface area contributed by atoms with Crippen LogP contribution < -0.4 is 5.73 Å². The van der Waals surface area contributed by atoms with Crippen molar-refractivity contribution in [3.63, 3.8) is 0 Å². The highest BCUT2D eigenvalue weighted by Gasteiger charge is 2.25. The molecule has 9 heteroatoms. The average molecular weight is 922 g/mol. The van der Waals surface area contributed by atoms with Crippen LogP contribution in [0.25, 0.3) is 0 Å². The number of phosphoric ester groups is 1. The van der Waals surface area contributed by atoms with E-state index >= 15 is 0 Å². The summed E-state index contributed by atoms with van der Waals surface area (Å²) in [5.41, 5.74) is 5.40. The Hall–Kier alpha value is -1.54. The smallest absolute Gasteiger partial charge is 0.457 e. The molecular formula is C55H104NO7P. The minimum Gasteiger partial charge on any atom is -0.457 e. The molecule has 0 radical (unpaired) electrons. The first-order chi connectivity index (χ1) is 31.4. The predicted molar refractivity (Wildman–Crippen MR) is 275 cm³/mol. The second kappa shape index (κ2) is 52.4. The third kappa shape index (κ3) is 51.4. The number of carbonyl (C=O) groups is 1. The number of esters is 1. The van der Waals surface area contributed by atoms with Crippen molar-refractivity contribution in [2.75, 3.05) is 33.0 Å². The highest BCUT2D eigenvalue weighted by atomic mass is 31.2. The topological polar surface area (TPSA) is 117 Å². The van der Waals surface area contributed by atoms with Gasteiger partial charge in [-0.1, -0.05) is 249 Å². The van der Waals surface area contributed by atoms with Crippen LogP contribution in [0.5, 0.6) is 0 Å². The van der Waals surface area contributed by atoms with Crippen molar-refractivity contribution >= 4 is 13.8 Å². The maximum absolute atomic E-state index is 12.7. The van der Waals surface area contributed by atoms with Gasteiger partial charge in [0.1, 0.15) is 6.10 Å². The summed E-state index contributed by atoms with van der Waals surface area (Å²) in [4.78, 5) is 22.6. The molecule has 376 valence electrons. The summed E-state index contributed by atoms with van der Waals surface area (Å²) in [7, 11) is -4.28. The zero-order valence-electron chi connectivity index (χ0n) is 42.0. The van der Waals surface area contributed by atoms with E-state index in [-0.39, 0.29) is 32.3 Å². The lowest BCUT2D eigenvalue weighted by molar-refractivity contribution is -0.154. The average Bonchev–Trinajstić information content (AvgIpc) is 3.29. The van der Waals surface area contributed by atoms with Gasteiger partial charge in [-0.15, -0.1) is 0 Å². The molecule has 8 nitrogen and oxygen atoms in total. The summed E-state index contributed by atoms with van der Waals surface area (Å²) in [6.45, 7) is 4.86. The first kappa shape index (κ1) is 62.5. The van der Waals surface area contributed by atoms with Crippen molar-refractivity contribution in [3.05, 3.63) is 48.6 Å². The summed E-state index contributed by atoms with van der Waals surface area (Å²) in [5.74, 6) is -0.329. The van der Waals surface area contributed by atoms with Crippen LogP contribution in [0, 0.1) is 0 Å². The molecule has 2 atom stereocenters. The largest absolute Gasteiger partial charge is 0.472 e. The molecule has 0 aliphatic rings. The molecule has 0 spiro atoms. The van der Waals surface area contributed by atoms with Gasteiger partial charge in [0, 0.05) is 19.6 Å². The maximum Gasteiger partial charge on any atom is 0.472 e. The second-order valence-electron chi connectivity index (χ2n) is 18.1. The molecule has 0 aromatic heterocycles. The minimum atomic E-state index is -4.28. The first-order valence-corrected chi connectivity index (χ1v) is 28.6. The number of carbonyl (C=O) groups excluding carboxylic acids is 1. The SMILES string of the molecule is CC/C=C\C/C=C\C/C=C\C/C=C\CCCCCCCCCCCCCCC(=O)OC(COCCCCCCCCCCCCCCCCCCCCCC)COP(=O)(O)OCCN. The lowest BCUT2D eigenvalue weighted by atomic mass is 10.0. The molecular weight excluding hydrogens is 818 g/mol. The standard InChI is InChI=1S/C55H104NO7P/c1-3-5-7-9-11-13-15-17-19-21-23-25-26-27-28-29-30-32-34-36-38-40-42-44-46-48-55(57)63-54(53-62-64(58,59)61-51-49-56)52-60-50-47-45-43-41-39-37-35-33-31-24-22-20-18-16-14-12-10-8-6-4-2/h5,7,11,13,17,19,23,25,54H,3-4,6,8-10,12,14-16,18,20-22,24,26-53,56H2,1-2H3,(H,58,59)/b7-5-,13-11-,19-17-,25-23-. The van der Waals surface area contributed by atoms with Crippen LogP contribution in [0.1, 0.15) is 258 Å². The summed E-state index contributed by atoms with van der Waals surface area (Å²) in [5, 5.41) is 0. The molecule has 0 heterocycles. The van der Waals surface area contributed by atoms with E-state index in [0.717, 1.165) is 57.8 Å². The quantitative estimate of drug-likeness (QED) is 0.0268. The van der Waals surface area contributed by atoms with E-state index in [0.29, 0.717) is 13.0 Å². The van der Waals surface area contributed by atoms with Gasteiger partial charge in [-0.2, -0.15) is 0 Å². The van der Waals surface area contributed by atoms with Crippen LogP contribution in [0.15, 0.2) is 48.6 Å². The lowest BCUT2D eigenvalue weighted by Crippen LogP contribution is -2.28. The first-order valence-electron chi connectivity index (χ1n) is 27.1. The Labute approximate surface area is 396 Å². The zero-order chi connectivity index (χ0) is 46.5. The van der Waals surface area contributed by atoms with Crippen LogP contribution in [0.3, 0.4) is 0 Å². The summed E-state index contributed by atoms with van der Waals surface area (Å²) >= 11 is 0. The van der Waals surface area contributed by atoms with Gasteiger partial charge in [0.2, 0.25) is 0 Å². The molecule has 3 N–H and O–H groups in total. The molecule has 0 aliphatic carbocycles. The number of phosphoric acid groups is 1. The molecule has 0 amide bonds. The van der Waals surface area contributed by atoms with Crippen LogP contribution >= 0.6 is 7.82 Å². The van der Waals surface area contributed by atoms with E-state index in [2.05, 4.69) is 62.5 Å². The van der Waals surface area contributed by atoms with Crippen molar-refractivity contribution in [1.29, 1.82) is 0 Å². The third-order valence-corrected chi connectivity index (χ3v) is 12.7. The van der Waals surface area contributed by atoms with Gasteiger partial charge in [0.25, 0.3) is 0 Å². The van der Waals surface area contributed by atoms with Crippen LogP contribution in [-0.4, -0.2) is 49.9 Å². The van der Waals surface area contributed by atoms with E-state index in [1.807, 2.05) is 0 Å². The Bertz CT molecular complexity index is 1130. The number of nitrogens with two attached hydrogens (primary N) is 1. The fourth-order valence-electron chi connectivity index (χ4n) is 7.81. The normalized spacial score (nSPS) is 13.6. The fourth-order valence-corrected chi connectivity index (χ4v) is 8.58. The van der Waals surface area contributed by atoms with Gasteiger partial charge < -0.3 is 20.1 Å². The van der Waals surface area contributed by atoms with E-state index in [9.17, 15) is 14.3 Å². The Kier molecular flexibility index (Phi) is 51.2. The second-order valence-corrected chi connectivity index (χ2v) is 19.5. The van der Waals surface area contributed by atoms with Gasteiger partial charge in [-0.3, -0.25) is 13.8 Å². The summed E-state index contributed by atoms with van der Waals surface area (Å²) in [6.07, 6.45) is 64.4. The number of ether oxygens (including phenoxy) is 2. The van der Waals surface area contributed by atoms with Crippen molar-refractivity contribution in [2.45, 2.75) is 264 Å². The summed E-state index contributed by atoms with van der Waals surface area (Å²) < 4.78 is 33.7. The highest BCUT2D eigenvalue weighted by Crippen LogP contribution is 2.43. The minimum absolute atomic E-state index is 0.0949.